The smallest absolute Gasteiger partial charge is 0.414 e. The number of halogens is 3. The van der Waals surface area contributed by atoms with Crippen LogP contribution in [0.4, 0.5) is 13.2 Å². The van der Waals surface area contributed by atoms with Gasteiger partial charge in [0.2, 0.25) is 0 Å². The van der Waals surface area contributed by atoms with Gasteiger partial charge < -0.3 is 14.6 Å². The molecule has 1 unspecified atom stereocenters. The Balaban J connectivity index is 2.54. The molecule has 0 radical (unpaired) electrons. The zero-order chi connectivity index (χ0) is 13.8. The summed E-state index contributed by atoms with van der Waals surface area (Å²) in [5, 5.41) is 8.67. The van der Waals surface area contributed by atoms with Crippen molar-refractivity contribution in [3.8, 4) is 11.5 Å². The van der Waals surface area contributed by atoms with Crippen LogP contribution in [0, 0.1) is 0 Å². The van der Waals surface area contributed by atoms with Crippen LogP contribution in [-0.2, 0) is 4.79 Å². The molecule has 0 aliphatic heterocycles. The minimum atomic E-state index is -4.83. The lowest BCUT2D eigenvalue weighted by molar-refractivity contribution is -0.207. The molecule has 0 amide bonds. The first kappa shape index (κ1) is 14.3. The Hall–Kier alpha value is -1.76. The van der Waals surface area contributed by atoms with Crippen molar-refractivity contribution in [3.63, 3.8) is 0 Å². The zero-order valence-electron chi connectivity index (χ0n) is 9.40. The van der Waals surface area contributed by atoms with Crippen LogP contribution in [0.3, 0.4) is 0 Å². The average Bonchev–Trinajstić information content (AvgIpc) is 2.28. The molecule has 1 atom stereocenters. The predicted octanol–water partition coefficient (Wildman–Crippen LogP) is 1.91. The number of carbonyl (C=O) groups excluding carboxylic acids is 1. The standard InChI is InChI=1S/C11H11F3O4/c1-17-7-2-4-8(5-3-7)18-10(16)6-9(15)11(12,13)14/h2-5,9,15H,6H2,1H3. The van der Waals surface area contributed by atoms with Gasteiger partial charge in [0.1, 0.15) is 11.5 Å². The zero-order valence-corrected chi connectivity index (χ0v) is 9.40. The fraction of sp³-hybridized carbons (Fsp3) is 0.364. The van der Waals surface area contributed by atoms with Crippen LogP contribution >= 0.6 is 0 Å². The van der Waals surface area contributed by atoms with Crippen molar-refractivity contribution in [1.82, 2.24) is 0 Å². The number of methoxy groups -OCH3 is 1. The lowest BCUT2D eigenvalue weighted by Gasteiger charge is -2.13. The molecule has 7 heteroatoms. The van der Waals surface area contributed by atoms with Gasteiger partial charge in [0.05, 0.1) is 13.5 Å². The van der Waals surface area contributed by atoms with Gasteiger partial charge in [-0.05, 0) is 24.3 Å². The molecule has 1 rings (SSSR count). The first-order chi connectivity index (χ1) is 8.32. The van der Waals surface area contributed by atoms with Crippen LogP contribution in [0.5, 0.6) is 11.5 Å². The topological polar surface area (TPSA) is 55.8 Å². The molecule has 0 aliphatic rings. The SMILES string of the molecule is COc1ccc(OC(=O)CC(O)C(F)(F)F)cc1. The van der Waals surface area contributed by atoms with Crippen LogP contribution in [-0.4, -0.2) is 30.5 Å². The van der Waals surface area contributed by atoms with E-state index in [1.54, 1.807) is 0 Å². The van der Waals surface area contributed by atoms with Crippen LogP contribution in [0.15, 0.2) is 24.3 Å². The molecule has 0 saturated heterocycles. The number of esters is 1. The summed E-state index contributed by atoms with van der Waals surface area (Å²) in [7, 11) is 1.45. The number of aliphatic hydroxyl groups is 1. The molecule has 1 N–H and O–H groups in total. The number of rotatable bonds is 4. The van der Waals surface area contributed by atoms with Crippen molar-refractivity contribution in [2.75, 3.05) is 7.11 Å². The third kappa shape index (κ3) is 4.25. The van der Waals surface area contributed by atoms with E-state index in [1.807, 2.05) is 0 Å². The predicted molar refractivity (Wildman–Crippen MR) is 55.3 cm³/mol. The highest BCUT2D eigenvalue weighted by Crippen LogP contribution is 2.23. The number of benzene rings is 1. The van der Waals surface area contributed by atoms with Gasteiger partial charge in [-0.15, -0.1) is 0 Å². The van der Waals surface area contributed by atoms with E-state index in [4.69, 9.17) is 9.84 Å². The van der Waals surface area contributed by atoms with Crippen molar-refractivity contribution in [2.45, 2.75) is 18.7 Å². The molecule has 0 heterocycles. The van der Waals surface area contributed by atoms with E-state index >= 15 is 0 Å². The monoisotopic (exact) mass is 264 g/mol. The lowest BCUT2D eigenvalue weighted by atomic mass is 10.2. The summed E-state index contributed by atoms with van der Waals surface area (Å²) in [5.41, 5.74) is 0. The molecule has 0 saturated carbocycles. The van der Waals surface area contributed by atoms with Gasteiger partial charge in [0.25, 0.3) is 0 Å². The minimum absolute atomic E-state index is 0.0789. The maximum absolute atomic E-state index is 12.0. The molecule has 100 valence electrons. The number of ether oxygens (including phenoxy) is 2. The van der Waals surface area contributed by atoms with Gasteiger partial charge in [-0.1, -0.05) is 0 Å². The third-order valence-electron chi connectivity index (χ3n) is 2.03. The molecule has 1 aromatic carbocycles. The van der Waals surface area contributed by atoms with E-state index < -0.39 is 24.7 Å². The highest BCUT2D eigenvalue weighted by molar-refractivity contribution is 5.73. The second-order valence-corrected chi connectivity index (χ2v) is 3.41. The maximum Gasteiger partial charge on any atom is 0.414 e. The Bertz CT molecular complexity index is 400. The molecule has 4 nitrogen and oxygen atoms in total. The van der Waals surface area contributed by atoms with Gasteiger partial charge in [0, 0.05) is 0 Å². The largest absolute Gasteiger partial charge is 0.497 e. The molecular formula is C11H11F3O4. The molecule has 0 aromatic heterocycles. The van der Waals surface area contributed by atoms with E-state index in [2.05, 4.69) is 4.74 Å². The number of hydrogen-bond acceptors (Lipinski definition) is 4. The van der Waals surface area contributed by atoms with Gasteiger partial charge in [-0.3, -0.25) is 4.79 Å². The Morgan fingerprint density at radius 3 is 2.22 bits per heavy atom. The molecule has 0 spiro atoms. The molecule has 0 bridgehead atoms. The Labute approximate surface area is 101 Å². The van der Waals surface area contributed by atoms with Gasteiger partial charge in [-0.25, -0.2) is 0 Å². The van der Waals surface area contributed by atoms with E-state index in [-0.39, 0.29) is 5.75 Å². The summed E-state index contributed by atoms with van der Waals surface area (Å²) in [4.78, 5) is 11.1. The highest BCUT2D eigenvalue weighted by Gasteiger charge is 2.39. The summed E-state index contributed by atoms with van der Waals surface area (Å²) in [6, 6.07) is 5.72. The van der Waals surface area contributed by atoms with Crippen molar-refractivity contribution in [2.24, 2.45) is 0 Å². The number of alkyl halides is 3. The van der Waals surface area contributed by atoms with Crippen molar-refractivity contribution < 1.29 is 32.5 Å². The molecular weight excluding hydrogens is 253 g/mol. The average molecular weight is 264 g/mol. The summed E-state index contributed by atoms with van der Waals surface area (Å²) in [6.45, 7) is 0. The molecule has 1 aromatic rings. The first-order valence-electron chi connectivity index (χ1n) is 4.92. The van der Waals surface area contributed by atoms with Crippen molar-refractivity contribution in [3.05, 3.63) is 24.3 Å². The van der Waals surface area contributed by atoms with Crippen LogP contribution in [0.1, 0.15) is 6.42 Å². The van der Waals surface area contributed by atoms with E-state index in [0.717, 1.165) is 0 Å². The highest BCUT2D eigenvalue weighted by atomic mass is 19.4. The quantitative estimate of drug-likeness (QED) is 0.666. The summed E-state index contributed by atoms with van der Waals surface area (Å²) in [6.07, 6.45) is -8.70. The number of carbonyl (C=O) groups is 1. The normalized spacial score (nSPS) is 12.9. The number of aliphatic hydroxyl groups excluding tert-OH is 1. The summed E-state index contributed by atoms with van der Waals surface area (Å²) < 4.78 is 45.4. The van der Waals surface area contributed by atoms with Gasteiger partial charge >= 0.3 is 12.1 Å². The fourth-order valence-corrected chi connectivity index (χ4v) is 1.09. The van der Waals surface area contributed by atoms with Crippen LogP contribution in [0.2, 0.25) is 0 Å². The van der Waals surface area contributed by atoms with E-state index in [9.17, 15) is 18.0 Å². The molecule has 18 heavy (non-hydrogen) atoms. The first-order valence-corrected chi connectivity index (χ1v) is 4.92. The second kappa shape index (κ2) is 5.72. The Morgan fingerprint density at radius 2 is 1.78 bits per heavy atom. The van der Waals surface area contributed by atoms with Gasteiger partial charge in [-0.2, -0.15) is 13.2 Å². The Morgan fingerprint density at radius 1 is 1.28 bits per heavy atom. The lowest BCUT2D eigenvalue weighted by Crippen LogP contribution is -2.32. The van der Waals surface area contributed by atoms with Crippen molar-refractivity contribution >= 4 is 5.97 Å². The van der Waals surface area contributed by atoms with E-state index in [0.29, 0.717) is 5.75 Å². The van der Waals surface area contributed by atoms with Crippen LogP contribution in [0.25, 0.3) is 0 Å². The fourth-order valence-electron chi connectivity index (χ4n) is 1.09. The molecule has 0 fully saturated rings. The Kier molecular flexibility index (Phi) is 4.55. The molecule has 0 aliphatic carbocycles. The van der Waals surface area contributed by atoms with E-state index in [1.165, 1.54) is 31.4 Å². The third-order valence-corrected chi connectivity index (χ3v) is 2.03. The van der Waals surface area contributed by atoms with Crippen molar-refractivity contribution in [1.29, 1.82) is 0 Å². The summed E-state index contributed by atoms with van der Waals surface area (Å²) >= 11 is 0. The minimum Gasteiger partial charge on any atom is -0.497 e. The van der Waals surface area contributed by atoms with Gasteiger partial charge in [0.15, 0.2) is 6.10 Å². The number of hydrogen-bond donors (Lipinski definition) is 1. The second-order valence-electron chi connectivity index (χ2n) is 3.41. The van der Waals surface area contributed by atoms with Crippen LogP contribution < -0.4 is 9.47 Å². The summed E-state index contributed by atoms with van der Waals surface area (Å²) in [5.74, 6) is -0.565. The maximum atomic E-state index is 12.0.